The predicted molar refractivity (Wildman–Crippen MR) is 125 cm³/mol. The number of imidazole rings is 1. The Morgan fingerprint density at radius 2 is 1.92 bits per heavy atom. The zero-order valence-electron chi connectivity index (χ0n) is 18.2. The number of nitrogen functional groups attached to an aromatic ring is 1. The normalized spacial score (nSPS) is 24.0. The van der Waals surface area contributed by atoms with Crippen molar-refractivity contribution in [3.05, 3.63) is 48.5 Å². The van der Waals surface area contributed by atoms with Crippen LogP contribution < -0.4 is 5.73 Å². The van der Waals surface area contributed by atoms with Crippen LogP contribution in [0.4, 0.5) is 5.82 Å². The highest BCUT2D eigenvalue weighted by atomic mass is 32.5. The SMILES string of the molecule is Nc1ncnc2c1ncn2C1OC(COP(=O)(O)OP(O)(O)=S)C(O)C1OC(=O)Cc1ccccc1. The van der Waals surface area contributed by atoms with Crippen LogP contribution >= 0.6 is 14.5 Å². The highest BCUT2D eigenvalue weighted by molar-refractivity contribution is 8.08. The number of hydrogen-bond acceptors (Lipinski definition) is 12. The number of rotatable bonds is 9. The molecule has 6 N–H and O–H groups in total. The average molecular weight is 561 g/mol. The Balaban J connectivity index is 1.58. The van der Waals surface area contributed by atoms with Crippen molar-refractivity contribution in [2.45, 2.75) is 31.0 Å². The van der Waals surface area contributed by atoms with E-state index in [-0.39, 0.29) is 23.4 Å². The Morgan fingerprint density at radius 3 is 2.61 bits per heavy atom. The van der Waals surface area contributed by atoms with Crippen LogP contribution in [0.25, 0.3) is 11.2 Å². The summed E-state index contributed by atoms with van der Waals surface area (Å²) in [6.07, 6.45) is -3.04. The van der Waals surface area contributed by atoms with Gasteiger partial charge in [-0.3, -0.25) is 13.9 Å². The molecule has 4 rings (SSSR count). The number of hydrogen-bond donors (Lipinski definition) is 5. The minimum absolute atomic E-state index is 0.0805. The molecule has 1 aliphatic heterocycles. The van der Waals surface area contributed by atoms with Gasteiger partial charge < -0.3 is 35.0 Å². The number of nitrogens with two attached hydrogens (primary N) is 1. The monoisotopic (exact) mass is 561 g/mol. The molecular formula is C18H21N5O10P2S. The molecule has 0 bridgehead atoms. The summed E-state index contributed by atoms with van der Waals surface area (Å²) in [5, 5.41) is 10.9. The van der Waals surface area contributed by atoms with Crippen molar-refractivity contribution < 1.29 is 47.5 Å². The molecule has 1 saturated heterocycles. The largest absolute Gasteiger partial charge is 0.479 e. The molecule has 36 heavy (non-hydrogen) atoms. The van der Waals surface area contributed by atoms with E-state index in [1.165, 1.54) is 17.2 Å². The molecule has 18 heteroatoms. The Kier molecular flexibility index (Phi) is 7.83. The smallest absolute Gasteiger partial charge is 0.454 e. The van der Waals surface area contributed by atoms with Crippen LogP contribution in [0.1, 0.15) is 11.8 Å². The third-order valence-electron chi connectivity index (χ3n) is 5.04. The molecule has 0 aliphatic carbocycles. The van der Waals surface area contributed by atoms with Crippen LogP contribution in [0.2, 0.25) is 0 Å². The highest BCUT2D eigenvalue weighted by Gasteiger charge is 2.49. The number of aliphatic hydroxyl groups excluding tert-OH is 1. The molecular weight excluding hydrogens is 540 g/mol. The number of carbonyl (C=O) groups excluding carboxylic acids is 1. The first-order valence-electron chi connectivity index (χ1n) is 10.2. The highest BCUT2D eigenvalue weighted by Crippen LogP contribution is 2.58. The quantitative estimate of drug-likeness (QED) is 0.173. The average Bonchev–Trinajstić information content (AvgIpc) is 3.34. The van der Waals surface area contributed by atoms with E-state index >= 15 is 0 Å². The predicted octanol–water partition coefficient (Wildman–Crippen LogP) is 0.164. The Bertz CT molecular complexity index is 1340. The number of phosphoric ester groups is 1. The van der Waals surface area contributed by atoms with Crippen LogP contribution in [0.5, 0.6) is 0 Å². The number of aromatic nitrogens is 4. The minimum atomic E-state index is -5.02. The van der Waals surface area contributed by atoms with Gasteiger partial charge in [0.15, 0.2) is 23.8 Å². The summed E-state index contributed by atoms with van der Waals surface area (Å²) in [6.45, 7) is -5.29. The van der Waals surface area contributed by atoms with E-state index in [0.29, 0.717) is 5.56 Å². The van der Waals surface area contributed by atoms with E-state index in [4.69, 9.17) is 29.5 Å². The zero-order valence-corrected chi connectivity index (χ0v) is 20.8. The van der Waals surface area contributed by atoms with E-state index < -0.39 is 51.7 Å². The van der Waals surface area contributed by atoms with Gasteiger partial charge in [-0.1, -0.05) is 30.3 Å². The molecule has 0 saturated carbocycles. The van der Waals surface area contributed by atoms with Crippen molar-refractivity contribution in [3.8, 4) is 0 Å². The summed E-state index contributed by atoms with van der Waals surface area (Å²) in [5.41, 5.74) is 6.94. The molecule has 0 spiro atoms. The van der Waals surface area contributed by atoms with Crippen LogP contribution in [0.3, 0.4) is 0 Å². The fourth-order valence-corrected chi connectivity index (χ4v) is 5.90. The number of nitrogens with zero attached hydrogens (tertiary/aromatic N) is 4. The number of anilines is 1. The van der Waals surface area contributed by atoms with Crippen molar-refractivity contribution in [2.24, 2.45) is 0 Å². The molecule has 2 aromatic heterocycles. The summed E-state index contributed by atoms with van der Waals surface area (Å²) >= 11 is 4.17. The maximum absolute atomic E-state index is 12.7. The number of benzene rings is 1. The lowest BCUT2D eigenvalue weighted by molar-refractivity contribution is -0.157. The Labute approximate surface area is 208 Å². The second kappa shape index (κ2) is 10.6. The van der Waals surface area contributed by atoms with Crippen molar-refractivity contribution in [3.63, 3.8) is 0 Å². The van der Waals surface area contributed by atoms with Gasteiger partial charge in [-0.05, 0) is 17.4 Å². The lowest BCUT2D eigenvalue weighted by Crippen LogP contribution is -2.37. The molecule has 1 aliphatic rings. The molecule has 3 heterocycles. The van der Waals surface area contributed by atoms with Crippen molar-refractivity contribution >= 4 is 49.3 Å². The van der Waals surface area contributed by atoms with Crippen LogP contribution in [-0.4, -0.2) is 70.2 Å². The molecule has 5 atom stereocenters. The lowest BCUT2D eigenvalue weighted by atomic mass is 10.1. The van der Waals surface area contributed by atoms with Crippen LogP contribution in [0.15, 0.2) is 43.0 Å². The molecule has 0 amide bonds. The molecule has 1 fully saturated rings. The van der Waals surface area contributed by atoms with E-state index in [0.717, 1.165) is 0 Å². The first kappa shape index (κ1) is 26.7. The number of phosphoric acid groups is 1. The molecule has 0 radical (unpaired) electrons. The summed E-state index contributed by atoms with van der Waals surface area (Å²) in [7, 11) is -5.02. The fraction of sp³-hybridized carbons (Fsp3) is 0.333. The van der Waals surface area contributed by atoms with E-state index in [2.05, 4.69) is 31.1 Å². The van der Waals surface area contributed by atoms with Gasteiger partial charge in [0.1, 0.15) is 24.1 Å². The number of aliphatic hydroxyl groups is 1. The van der Waals surface area contributed by atoms with E-state index in [9.17, 15) is 19.4 Å². The third-order valence-corrected chi connectivity index (χ3v) is 7.80. The van der Waals surface area contributed by atoms with Gasteiger partial charge in [0, 0.05) is 0 Å². The fourth-order valence-electron chi connectivity index (χ4n) is 3.54. The summed E-state index contributed by atoms with van der Waals surface area (Å²) in [6, 6.07) is 8.74. The molecule has 3 aromatic rings. The molecule has 5 unspecified atom stereocenters. The standard InChI is InChI=1S/C18H21N5O10P2S/c19-16-13-17(21-8-20-16)23(9-22-13)18-15(32-12(24)6-10-4-2-1-3-5-10)14(25)11(31-18)7-30-34(26,27)33-35(28,29)36/h1-5,8-9,11,14-15,18,25H,6-7H2,(H,26,27)(H2,19,20,21)(H2,28,29,36). The van der Waals surface area contributed by atoms with Crippen molar-refractivity contribution in [1.29, 1.82) is 0 Å². The van der Waals surface area contributed by atoms with Gasteiger partial charge in [0.2, 0.25) is 0 Å². The molecule has 15 nitrogen and oxygen atoms in total. The van der Waals surface area contributed by atoms with E-state index in [1.807, 2.05) is 0 Å². The first-order chi connectivity index (χ1) is 16.9. The maximum Gasteiger partial charge on any atom is 0.479 e. The van der Waals surface area contributed by atoms with Gasteiger partial charge in [0.05, 0.1) is 19.4 Å². The second-order valence-electron chi connectivity index (χ2n) is 7.59. The lowest BCUT2D eigenvalue weighted by Gasteiger charge is -2.22. The minimum Gasteiger partial charge on any atom is -0.454 e. The number of ether oxygens (including phenoxy) is 2. The maximum atomic E-state index is 12.7. The number of fused-ring (bicyclic) bond motifs is 1. The molecule has 194 valence electrons. The summed E-state index contributed by atoms with van der Waals surface area (Å²) in [4.78, 5) is 52.7. The van der Waals surface area contributed by atoms with Gasteiger partial charge in [-0.2, -0.15) is 0 Å². The van der Waals surface area contributed by atoms with Crippen molar-refractivity contribution in [2.75, 3.05) is 12.3 Å². The van der Waals surface area contributed by atoms with Crippen LogP contribution in [-0.2, 0) is 45.9 Å². The topological polar surface area (TPSA) is 222 Å². The van der Waals surface area contributed by atoms with Gasteiger partial charge in [0.25, 0.3) is 0 Å². The Morgan fingerprint density at radius 1 is 1.19 bits per heavy atom. The van der Waals surface area contributed by atoms with E-state index in [1.54, 1.807) is 30.3 Å². The summed E-state index contributed by atoms with van der Waals surface area (Å²) in [5.74, 6) is -0.603. The van der Waals surface area contributed by atoms with Gasteiger partial charge in [-0.25, -0.2) is 23.8 Å². The zero-order chi connectivity index (χ0) is 26.1. The van der Waals surface area contributed by atoms with Gasteiger partial charge >= 0.3 is 20.5 Å². The van der Waals surface area contributed by atoms with Crippen LogP contribution in [0, 0.1) is 0 Å². The number of esters is 1. The summed E-state index contributed by atoms with van der Waals surface area (Å²) < 4.78 is 33.5. The second-order valence-corrected chi connectivity index (χ2v) is 11.8. The molecule has 1 aromatic carbocycles. The Hall–Kier alpha value is -2.36. The van der Waals surface area contributed by atoms with Crippen molar-refractivity contribution in [1.82, 2.24) is 19.5 Å². The van der Waals surface area contributed by atoms with Gasteiger partial charge in [-0.15, -0.1) is 0 Å². The number of carbonyl (C=O) groups is 1. The third kappa shape index (κ3) is 6.30. The first-order valence-corrected chi connectivity index (χ1v) is 14.3.